The van der Waals surface area contributed by atoms with E-state index in [1.807, 2.05) is 25.1 Å². The second-order valence-electron chi connectivity index (χ2n) is 13.1. The number of carbonyl (C=O) groups excluding carboxylic acids is 1. The van der Waals surface area contributed by atoms with Gasteiger partial charge in [-0.15, -0.1) is 13.2 Å². The number of amides is 1. The maximum Gasteiger partial charge on any atom is 0.264 e. The number of benzene rings is 2. The van der Waals surface area contributed by atoms with Gasteiger partial charge in [0.15, 0.2) is 0 Å². The molecule has 1 aliphatic heterocycles. The lowest BCUT2D eigenvalue weighted by molar-refractivity contribution is 0.0981. The van der Waals surface area contributed by atoms with Gasteiger partial charge in [-0.05, 0) is 111 Å². The van der Waals surface area contributed by atoms with Gasteiger partial charge in [-0.3, -0.25) is 4.79 Å². The van der Waals surface area contributed by atoms with Crippen molar-refractivity contribution in [3.63, 3.8) is 0 Å². The van der Waals surface area contributed by atoms with E-state index in [-0.39, 0.29) is 11.3 Å². The van der Waals surface area contributed by atoms with Crippen molar-refractivity contribution in [1.82, 2.24) is 4.72 Å². The van der Waals surface area contributed by atoms with Gasteiger partial charge in [0.05, 0.1) is 17.5 Å². The second-order valence-corrected chi connectivity index (χ2v) is 15.5. The van der Waals surface area contributed by atoms with E-state index in [1.54, 1.807) is 19.1 Å². The molecule has 0 aromatic heterocycles. The van der Waals surface area contributed by atoms with Crippen LogP contribution in [0.4, 0.5) is 5.69 Å². The highest BCUT2D eigenvalue weighted by molar-refractivity contribution is 7.90. The van der Waals surface area contributed by atoms with Gasteiger partial charge in [-0.25, -0.2) is 13.1 Å². The molecule has 1 fully saturated rings. The number of nitrogens with one attached hydrogen (secondary N) is 1. The number of nitrogens with zero attached hydrogens (tertiary/aromatic N) is 1. The topological polar surface area (TPSA) is 75.7 Å². The van der Waals surface area contributed by atoms with Crippen LogP contribution < -0.4 is 14.4 Å². The summed E-state index contributed by atoms with van der Waals surface area (Å²) in [6.45, 7) is 15.6. The third-order valence-electron chi connectivity index (χ3n) is 10.3. The summed E-state index contributed by atoms with van der Waals surface area (Å²) in [5.74, 6) is 1.41. The van der Waals surface area contributed by atoms with Crippen LogP contribution in [0.25, 0.3) is 0 Å². The number of allylic oxidation sites excluding steroid dienone is 2. The number of fused-ring (bicyclic) bond motifs is 3. The molecule has 1 N–H and O–H groups in total. The first-order chi connectivity index (χ1) is 20.5. The average Bonchev–Trinajstić information content (AvgIpc) is 3.11. The van der Waals surface area contributed by atoms with Crippen molar-refractivity contribution >= 4 is 33.2 Å². The molecular formula is C35H45ClN2O4S. The lowest BCUT2D eigenvalue weighted by Crippen LogP contribution is -2.49. The fraction of sp³-hybridized carbons (Fsp3) is 0.514. The summed E-state index contributed by atoms with van der Waals surface area (Å²) in [6.07, 6.45) is 9.68. The van der Waals surface area contributed by atoms with Crippen LogP contribution in [0.1, 0.15) is 74.4 Å². The lowest BCUT2D eigenvalue weighted by Gasteiger charge is -2.45. The molecule has 1 heterocycles. The van der Waals surface area contributed by atoms with E-state index in [9.17, 15) is 13.2 Å². The zero-order valence-electron chi connectivity index (χ0n) is 25.7. The highest BCUT2D eigenvalue weighted by Gasteiger charge is 2.44. The van der Waals surface area contributed by atoms with Crippen molar-refractivity contribution in [2.24, 2.45) is 23.7 Å². The van der Waals surface area contributed by atoms with Crippen LogP contribution >= 0.6 is 11.6 Å². The summed E-state index contributed by atoms with van der Waals surface area (Å²) < 4.78 is 35.1. The fourth-order valence-electron chi connectivity index (χ4n) is 7.27. The smallest absolute Gasteiger partial charge is 0.264 e. The Kier molecular flexibility index (Phi) is 9.34. The van der Waals surface area contributed by atoms with E-state index in [1.165, 1.54) is 17.5 Å². The fourth-order valence-corrected chi connectivity index (χ4v) is 8.75. The first kappa shape index (κ1) is 31.6. The van der Waals surface area contributed by atoms with Crippen molar-refractivity contribution in [1.29, 1.82) is 0 Å². The van der Waals surface area contributed by atoms with Gasteiger partial charge < -0.3 is 9.64 Å². The van der Waals surface area contributed by atoms with Crippen LogP contribution in [0.3, 0.4) is 0 Å². The summed E-state index contributed by atoms with van der Waals surface area (Å²) in [6, 6.07) is 11.5. The molecule has 2 aliphatic carbocycles. The molecule has 1 saturated carbocycles. The van der Waals surface area contributed by atoms with E-state index >= 15 is 0 Å². The van der Waals surface area contributed by atoms with E-state index in [0.717, 1.165) is 55.2 Å². The van der Waals surface area contributed by atoms with Gasteiger partial charge in [0, 0.05) is 29.1 Å². The molecule has 0 saturated heterocycles. The maximum absolute atomic E-state index is 13.4. The van der Waals surface area contributed by atoms with Crippen LogP contribution in [0.2, 0.25) is 5.02 Å². The van der Waals surface area contributed by atoms with Crippen LogP contribution in [0.5, 0.6) is 5.75 Å². The maximum atomic E-state index is 13.4. The van der Waals surface area contributed by atoms with Gasteiger partial charge in [0.2, 0.25) is 10.0 Å². The van der Waals surface area contributed by atoms with Gasteiger partial charge in [0.1, 0.15) is 5.75 Å². The largest absolute Gasteiger partial charge is 0.490 e. The molecular weight excluding hydrogens is 580 g/mol. The normalized spacial score (nSPS) is 25.2. The van der Waals surface area contributed by atoms with Gasteiger partial charge >= 0.3 is 0 Å². The number of aryl methyl sites for hydroxylation is 1. The Morgan fingerprint density at radius 1 is 1.19 bits per heavy atom. The van der Waals surface area contributed by atoms with Gasteiger partial charge in [-0.1, -0.05) is 43.7 Å². The van der Waals surface area contributed by atoms with Crippen LogP contribution in [0.15, 0.2) is 61.7 Å². The van der Waals surface area contributed by atoms with Crippen LogP contribution in [-0.2, 0) is 21.9 Å². The van der Waals surface area contributed by atoms with Crippen LogP contribution in [-0.4, -0.2) is 39.3 Å². The van der Waals surface area contributed by atoms with Gasteiger partial charge in [0.25, 0.3) is 5.91 Å². The summed E-state index contributed by atoms with van der Waals surface area (Å²) in [5, 5.41) is 0.0113. The summed E-state index contributed by atoms with van der Waals surface area (Å²) >= 11 is 6.40. The Labute approximate surface area is 262 Å². The minimum absolute atomic E-state index is 0.170. The molecule has 0 radical (unpaired) electrons. The van der Waals surface area contributed by atoms with E-state index in [4.69, 9.17) is 16.3 Å². The van der Waals surface area contributed by atoms with Crippen molar-refractivity contribution < 1.29 is 17.9 Å². The summed E-state index contributed by atoms with van der Waals surface area (Å²) in [4.78, 5) is 15.8. The zero-order valence-corrected chi connectivity index (χ0v) is 27.2. The highest BCUT2D eigenvalue weighted by atomic mass is 35.5. The molecule has 0 bridgehead atoms. The molecule has 6 atom stereocenters. The predicted octanol–water partition coefficient (Wildman–Crippen LogP) is 7.32. The van der Waals surface area contributed by atoms with Crippen LogP contribution in [0, 0.1) is 23.7 Å². The number of carbonyl (C=O) groups is 1. The molecule has 232 valence electrons. The van der Waals surface area contributed by atoms with Gasteiger partial charge in [-0.2, -0.15) is 0 Å². The number of ether oxygens (including phenoxy) is 1. The molecule has 6 nitrogen and oxygen atoms in total. The van der Waals surface area contributed by atoms with E-state index in [2.05, 4.69) is 47.9 Å². The molecule has 1 spiro atoms. The standard InChI is InChI=1S/C35H45ClN2O4S/c1-6-9-24(4)25(5)43(40,41)37-34(39)27-12-16-33-32(19-27)38(20-28-11-14-30(28)23(3)7-2)21-35(22-42-33)17-8-10-26-18-29(36)13-15-31(26)35/h6-7,12-13,15-16,18-19,23-25,28,30H,1-2,8-11,14,17,20-22H2,3-5H3,(H,37,39)/t23-,24-,25+,28-,30-,35-/m0/s1. The Bertz CT molecular complexity index is 1490. The summed E-state index contributed by atoms with van der Waals surface area (Å²) in [7, 11) is -3.88. The van der Waals surface area contributed by atoms with E-state index < -0.39 is 21.2 Å². The zero-order chi connectivity index (χ0) is 30.9. The second kappa shape index (κ2) is 12.7. The molecule has 1 amide bonds. The lowest BCUT2D eigenvalue weighted by atomic mass is 9.66. The van der Waals surface area contributed by atoms with Crippen molar-refractivity contribution in [3.8, 4) is 5.75 Å². The Hall–Kier alpha value is -2.77. The number of anilines is 1. The average molecular weight is 625 g/mol. The number of hydrogen-bond acceptors (Lipinski definition) is 5. The third-order valence-corrected chi connectivity index (χ3v) is 12.5. The first-order valence-corrected chi connectivity index (χ1v) is 17.5. The molecule has 2 aromatic carbocycles. The Morgan fingerprint density at radius 2 is 1.98 bits per heavy atom. The van der Waals surface area contributed by atoms with E-state index in [0.29, 0.717) is 36.3 Å². The molecule has 2 aromatic rings. The SMILES string of the molecule is C=CC[C@H](C)[C@@H](C)S(=O)(=O)NC(=O)c1ccc2c(c1)N(C[C@@H]1CC[C@H]1[C@@H](C)C=C)C[C@@]1(CCCc3cc(Cl)ccc31)CO2. The van der Waals surface area contributed by atoms with Crippen molar-refractivity contribution in [3.05, 3.63) is 83.4 Å². The molecule has 43 heavy (non-hydrogen) atoms. The number of sulfonamides is 1. The minimum atomic E-state index is -3.88. The highest BCUT2D eigenvalue weighted by Crippen LogP contribution is 2.47. The minimum Gasteiger partial charge on any atom is -0.490 e. The molecule has 0 unspecified atom stereocenters. The Morgan fingerprint density at radius 3 is 2.67 bits per heavy atom. The molecule has 5 rings (SSSR count). The monoisotopic (exact) mass is 624 g/mol. The van der Waals surface area contributed by atoms with Crippen molar-refractivity contribution in [2.45, 2.75) is 70.0 Å². The number of halogens is 1. The summed E-state index contributed by atoms with van der Waals surface area (Å²) in [5.41, 5.74) is 3.49. The number of hydrogen-bond donors (Lipinski definition) is 1. The number of rotatable bonds is 10. The quantitative estimate of drug-likeness (QED) is 0.280. The molecule has 8 heteroatoms. The first-order valence-electron chi connectivity index (χ1n) is 15.6. The third kappa shape index (κ3) is 6.39. The van der Waals surface area contributed by atoms with Crippen molar-refractivity contribution in [2.75, 3.05) is 24.6 Å². The predicted molar refractivity (Wildman–Crippen MR) is 176 cm³/mol. The molecule has 3 aliphatic rings. The Balaban J connectivity index is 1.49.